The minimum Gasteiger partial charge on any atom is -0.462 e. The molecule has 0 fully saturated rings. The lowest BCUT2D eigenvalue weighted by Crippen LogP contribution is -2.30. The molecule has 0 saturated carbocycles. The average molecular weight is 1460 g/mol. The summed E-state index contributed by atoms with van der Waals surface area (Å²) in [6.45, 7) is 9.59. The zero-order valence-corrected chi connectivity index (χ0v) is 66.8. The second-order valence-corrected chi connectivity index (χ2v) is 32.3. The molecule has 0 amide bonds. The number of phosphoric ester groups is 2. The Kier molecular flexibility index (Phi) is 70.3. The summed E-state index contributed by atoms with van der Waals surface area (Å²) < 4.78 is 68.6. The SMILES string of the molecule is CCCCCC/C=C\C=C/CCCCCCCC(=O)O[C@H](COC(=O)CCCCCCCCCC)COP(=O)(O)OC[C@H](O)COP(=O)(O)OC[C@@H](COC(=O)CCCCCCCCCCCCCCCC(C)C)OC(=O)CCCCCCCCCCCCCCCCCCCCC(C)C. The van der Waals surface area contributed by atoms with Crippen LogP contribution in [-0.2, 0) is 65.4 Å². The van der Waals surface area contributed by atoms with Crippen molar-refractivity contribution in [2.45, 2.75) is 419 Å². The first-order chi connectivity index (χ1) is 48.4. The van der Waals surface area contributed by atoms with E-state index < -0.39 is 97.5 Å². The molecular weight excluding hydrogens is 1310 g/mol. The van der Waals surface area contributed by atoms with Gasteiger partial charge in [-0.05, 0) is 63.2 Å². The van der Waals surface area contributed by atoms with Gasteiger partial charge < -0.3 is 33.8 Å². The van der Waals surface area contributed by atoms with E-state index in [2.05, 4.69) is 65.8 Å². The van der Waals surface area contributed by atoms with E-state index in [0.717, 1.165) is 121 Å². The summed E-state index contributed by atoms with van der Waals surface area (Å²) in [5.41, 5.74) is 0. The molecule has 0 aromatic carbocycles. The van der Waals surface area contributed by atoms with E-state index in [1.807, 2.05) is 0 Å². The van der Waals surface area contributed by atoms with Gasteiger partial charge in [-0.2, -0.15) is 0 Å². The van der Waals surface area contributed by atoms with Crippen molar-refractivity contribution in [3.05, 3.63) is 24.3 Å². The molecule has 0 rings (SSSR count). The van der Waals surface area contributed by atoms with Crippen LogP contribution in [-0.4, -0.2) is 96.7 Å². The van der Waals surface area contributed by atoms with Crippen LogP contribution in [0.5, 0.6) is 0 Å². The van der Waals surface area contributed by atoms with Gasteiger partial charge in [-0.1, -0.05) is 348 Å². The van der Waals surface area contributed by atoms with Crippen molar-refractivity contribution in [2.24, 2.45) is 11.8 Å². The predicted octanol–water partition coefficient (Wildman–Crippen LogP) is 23.8. The molecule has 0 aromatic rings. The number of aliphatic hydroxyl groups is 1. The highest BCUT2D eigenvalue weighted by atomic mass is 31.2. The maximum absolute atomic E-state index is 13.1. The van der Waals surface area contributed by atoms with Gasteiger partial charge >= 0.3 is 39.5 Å². The third-order valence-corrected chi connectivity index (χ3v) is 20.2. The maximum atomic E-state index is 13.1. The Labute approximate surface area is 612 Å². The summed E-state index contributed by atoms with van der Waals surface area (Å²) >= 11 is 0. The van der Waals surface area contributed by atoms with Crippen LogP contribution < -0.4 is 0 Å². The number of unbranched alkanes of at least 4 members (excludes halogenated alkanes) is 45. The lowest BCUT2D eigenvalue weighted by molar-refractivity contribution is -0.161. The molecule has 5 atom stereocenters. The number of aliphatic hydroxyl groups excluding tert-OH is 1. The Bertz CT molecular complexity index is 2020. The zero-order valence-electron chi connectivity index (χ0n) is 65.0. The normalized spacial score (nSPS) is 14.1. The van der Waals surface area contributed by atoms with Crippen LogP contribution >= 0.6 is 15.6 Å². The van der Waals surface area contributed by atoms with Crippen molar-refractivity contribution in [1.82, 2.24) is 0 Å². The first-order valence-corrected chi connectivity index (χ1v) is 44.3. The second kappa shape index (κ2) is 72.1. The van der Waals surface area contributed by atoms with Crippen LogP contribution in [0.2, 0.25) is 0 Å². The van der Waals surface area contributed by atoms with E-state index in [1.54, 1.807) is 0 Å². The summed E-state index contributed by atoms with van der Waals surface area (Å²) in [6.07, 6.45) is 64.7. The van der Waals surface area contributed by atoms with Gasteiger partial charge in [-0.25, -0.2) is 9.13 Å². The lowest BCUT2D eigenvalue weighted by Gasteiger charge is -2.21. The first kappa shape index (κ1) is 97.5. The van der Waals surface area contributed by atoms with E-state index in [0.29, 0.717) is 25.7 Å². The average Bonchev–Trinajstić information content (AvgIpc) is 0.913. The molecule has 19 heteroatoms. The summed E-state index contributed by atoms with van der Waals surface area (Å²) in [5.74, 6) is -0.533. The second-order valence-electron chi connectivity index (χ2n) is 29.4. The van der Waals surface area contributed by atoms with Crippen LogP contribution in [0.25, 0.3) is 0 Å². The summed E-state index contributed by atoms with van der Waals surface area (Å²) in [7, 11) is -9.93. The first-order valence-electron chi connectivity index (χ1n) is 41.3. The largest absolute Gasteiger partial charge is 0.472 e. The quantitative estimate of drug-likeness (QED) is 0.0169. The van der Waals surface area contributed by atoms with Gasteiger partial charge in [0.15, 0.2) is 12.2 Å². The Morgan fingerprint density at radius 1 is 0.310 bits per heavy atom. The number of carbonyl (C=O) groups excluding carboxylic acids is 4. The van der Waals surface area contributed by atoms with Gasteiger partial charge in [0.2, 0.25) is 0 Å². The minimum atomic E-state index is -4.97. The summed E-state index contributed by atoms with van der Waals surface area (Å²) in [5, 5.41) is 10.6. The maximum Gasteiger partial charge on any atom is 0.472 e. The standard InChI is InChI=1S/C81H154O17P2/c1-7-9-11-13-15-17-18-19-24-30-36-41-47-53-59-65-80(85)97-76(69-91-78(83)63-57-51-45-16-14-12-10-8-2)71-95-99(87,88)93-67-75(82)68-94-100(89,90)96-72-77(70-92-79(84)64-58-52-46-40-35-32-27-29-34-39-44-50-56-62-74(5)6)98-81(86)66-60-54-48-42-37-31-26-23-21-20-22-25-28-33-38-43-49-55-61-73(3)4/h17-19,24,73-77,82H,7-16,20-23,25-72H2,1-6H3,(H,87,88)(H,89,90)/b18-17-,24-19-/t75-,76+,77+/m0/s1. The molecule has 2 unspecified atom stereocenters. The third kappa shape index (κ3) is 73.8. The molecule has 0 aliphatic rings. The fraction of sp³-hybridized carbons (Fsp3) is 0.901. The Morgan fingerprint density at radius 3 is 0.820 bits per heavy atom. The third-order valence-electron chi connectivity index (χ3n) is 18.3. The number of allylic oxidation sites excluding steroid dienone is 4. The molecule has 0 aliphatic carbocycles. The smallest absolute Gasteiger partial charge is 0.462 e. The zero-order chi connectivity index (χ0) is 73.5. The van der Waals surface area contributed by atoms with E-state index in [9.17, 15) is 43.2 Å². The number of phosphoric acid groups is 2. The monoisotopic (exact) mass is 1460 g/mol. The molecule has 0 aliphatic heterocycles. The van der Waals surface area contributed by atoms with Crippen molar-refractivity contribution in [3.63, 3.8) is 0 Å². The molecule has 0 spiro atoms. The Balaban J connectivity index is 5.22. The van der Waals surface area contributed by atoms with E-state index in [1.165, 1.54) is 199 Å². The van der Waals surface area contributed by atoms with Crippen LogP contribution in [0, 0.1) is 11.8 Å². The van der Waals surface area contributed by atoms with E-state index >= 15 is 0 Å². The number of ether oxygens (including phenoxy) is 4. The molecule has 100 heavy (non-hydrogen) atoms. The molecule has 0 bridgehead atoms. The van der Waals surface area contributed by atoms with Gasteiger partial charge in [0.25, 0.3) is 0 Å². The molecular formula is C81H154O17P2. The lowest BCUT2D eigenvalue weighted by atomic mass is 10.0. The molecule has 590 valence electrons. The highest BCUT2D eigenvalue weighted by molar-refractivity contribution is 7.47. The fourth-order valence-corrected chi connectivity index (χ4v) is 13.6. The molecule has 0 aromatic heterocycles. The Hall–Kier alpha value is -2.46. The van der Waals surface area contributed by atoms with Crippen molar-refractivity contribution in [3.8, 4) is 0 Å². The van der Waals surface area contributed by atoms with Crippen LogP contribution in [0.15, 0.2) is 24.3 Å². The number of hydrogen-bond acceptors (Lipinski definition) is 15. The van der Waals surface area contributed by atoms with Crippen LogP contribution in [0.4, 0.5) is 0 Å². The van der Waals surface area contributed by atoms with Gasteiger partial charge in [0.05, 0.1) is 26.4 Å². The Morgan fingerprint density at radius 2 is 0.540 bits per heavy atom. The summed E-state index contributed by atoms with van der Waals surface area (Å²) in [4.78, 5) is 72.9. The van der Waals surface area contributed by atoms with Gasteiger partial charge in [0, 0.05) is 25.7 Å². The van der Waals surface area contributed by atoms with Crippen molar-refractivity contribution in [2.75, 3.05) is 39.6 Å². The van der Waals surface area contributed by atoms with E-state index in [-0.39, 0.29) is 25.7 Å². The number of esters is 4. The van der Waals surface area contributed by atoms with Gasteiger partial charge in [0.1, 0.15) is 19.3 Å². The fourth-order valence-electron chi connectivity index (χ4n) is 12.0. The molecule has 0 radical (unpaired) electrons. The summed E-state index contributed by atoms with van der Waals surface area (Å²) in [6, 6.07) is 0. The van der Waals surface area contributed by atoms with Gasteiger partial charge in [-0.3, -0.25) is 37.3 Å². The highest BCUT2D eigenvalue weighted by Crippen LogP contribution is 2.45. The van der Waals surface area contributed by atoms with Gasteiger partial charge in [-0.15, -0.1) is 0 Å². The number of rotatable bonds is 78. The highest BCUT2D eigenvalue weighted by Gasteiger charge is 2.30. The molecule has 0 saturated heterocycles. The molecule has 3 N–H and O–H groups in total. The number of carbonyl (C=O) groups is 4. The van der Waals surface area contributed by atoms with Crippen LogP contribution in [0.3, 0.4) is 0 Å². The number of hydrogen-bond donors (Lipinski definition) is 3. The van der Waals surface area contributed by atoms with E-state index in [4.69, 9.17) is 37.0 Å². The molecule has 17 nitrogen and oxygen atoms in total. The minimum absolute atomic E-state index is 0.0850. The topological polar surface area (TPSA) is 237 Å². The molecule has 0 heterocycles. The van der Waals surface area contributed by atoms with Crippen molar-refractivity contribution < 1.29 is 80.2 Å². The predicted molar refractivity (Wildman–Crippen MR) is 409 cm³/mol. The van der Waals surface area contributed by atoms with Crippen molar-refractivity contribution in [1.29, 1.82) is 0 Å². The van der Waals surface area contributed by atoms with Crippen LogP contribution in [0.1, 0.15) is 401 Å². The van der Waals surface area contributed by atoms with Crippen molar-refractivity contribution >= 4 is 39.5 Å².